The smallest absolute Gasteiger partial charge is 0.369 e. The summed E-state index contributed by atoms with van der Waals surface area (Å²) in [7, 11) is -3.49. The molecule has 1 rings (SSSR count). The third-order valence-electron chi connectivity index (χ3n) is 1.94. The molecule has 0 atom stereocenters. The number of allylic oxidation sites excluding steroid dienone is 1. The van der Waals surface area contributed by atoms with Gasteiger partial charge in [0.1, 0.15) is 11.9 Å². The summed E-state index contributed by atoms with van der Waals surface area (Å²) in [6.45, 7) is 5.27. The number of nitriles is 1. The molecule has 2 N–H and O–H groups in total. The molecule has 1 aliphatic rings. The molecule has 0 aromatic heterocycles. The molecule has 0 bridgehead atoms. The van der Waals surface area contributed by atoms with Crippen molar-refractivity contribution in [3.05, 3.63) is 11.1 Å². The Morgan fingerprint density at radius 1 is 1.38 bits per heavy atom. The third kappa shape index (κ3) is 2.76. The minimum Gasteiger partial charge on any atom is -0.369 e. The summed E-state index contributed by atoms with van der Waals surface area (Å²) in [5.41, 5.74) is 0. The van der Waals surface area contributed by atoms with E-state index in [1.165, 1.54) is 0 Å². The maximum atomic E-state index is 12.3. The number of hydrogen-bond donors (Lipinski definition) is 2. The fourth-order valence-corrected chi connectivity index (χ4v) is 2.93. The van der Waals surface area contributed by atoms with E-state index < -0.39 is 7.60 Å². The molecule has 0 spiro atoms. The predicted molar refractivity (Wildman–Crippen MR) is 59.5 cm³/mol. The van der Waals surface area contributed by atoms with E-state index in [-0.39, 0.29) is 18.5 Å². The molecule has 0 aliphatic carbocycles. The molecular formula is C9H16N3O3P. The monoisotopic (exact) mass is 245 g/mol. The minimum atomic E-state index is -3.49. The Morgan fingerprint density at radius 3 is 2.25 bits per heavy atom. The van der Waals surface area contributed by atoms with Crippen molar-refractivity contribution in [2.24, 2.45) is 0 Å². The lowest BCUT2D eigenvalue weighted by atomic mass is 10.6. The second kappa shape index (κ2) is 5.90. The van der Waals surface area contributed by atoms with Crippen LogP contribution >= 0.6 is 7.60 Å². The second-order valence-electron chi connectivity index (χ2n) is 3.02. The van der Waals surface area contributed by atoms with Crippen LogP contribution in [0.4, 0.5) is 0 Å². The van der Waals surface area contributed by atoms with Gasteiger partial charge < -0.3 is 19.7 Å². The molecule has 1 aliphatic heterocycles. The van der Waals surface area contributed by atoms with Crippen LogP contribution in [0.3, 0.4) is 0 Å². The summed E-state index contributed by atoms with van der Waals surface area (Å²) in [5, 5.41) is 15.0. The van der Waals surface area contributed by atoms with Gasteiger partial charge in [-0.05, 0) is 13.8 Å². The van der Waals surface area contributed by atoms with Gasteiger partial charge in [0.25, 0.3) is 0 Å². The summed E-state index contributed by atoms with van der Waals surface area (Å²) >= 11 is 0. The Hall–Kier alpha value is -1.02. The molecule has 0 aromatic carbocycles. The molecular weight excluding hydrogens is 229 g/mol. The summed E-state index contributed by atoms with van der Waals surface area (Å²) in [4.78, 5) is 0. The van der Waals surface area contributed by atoms with Crippen molar-refractivity contribution in [2.45, 2.75) is 13.8 Å². The van der Waals surface area contributed by atoms with Crippen molar-refractivity contribution in [3.8, 4) is 6.07 Å². The maximum absolute atomic E-state index is 12.3. The lowest BCUT2D eigenvalue weighted by Crippen LogP contribution is -2.14. The van der Waals surface area contributed by atoms with Crippen molar-refractivity contribution in [2.75, 3.05) is 26.3 Å². The minimum absolute atomic E-state index is 0.0219. The van der Waals surface area contributed by atoms with Gasteiger partial charge in [-0.3, -0.25) is 4.57 Å². The van der Waals surface area contributed by atoms with Gasteiger partial charge in [-0.2, -0.15) is 5.26 Å². The van der Waals surface area contributed by atoms with Crippen LogP contribution in [0.25, 0.3) is 0 Å². The number of nitrogens with zero attached hydrogens (tertiary/aromatic N) is 1. The molecule has 0 aromatic rings. The molecule has 0 unspecified atom stereocenters. The van der Waals surface area contributed by atoms with Crippen molar-refractivity contribution in [1.29, 1.82) is 5.26 Å². The first kappa shape index (κ1) is 13.0. The van der Waals surface area contributed by atoms with Gasteiger partial charge in [-0.15, -0.1) is 0 Å². The first-order valence-electron chi connectivity index (χ1n) is 5.19. The standard InChI is InChI=1S/C9H16N3O3P/c1-3-14-16(13,15-4-2)8(7-10)9-11-5-6-12-9/h11-12H,3-6H2,1-2H3. The highest BCUT2D eigenvalue weighted by atomic mass is 31.2. The second-order valence-corrected chi connectivity index (χ2v) is 4.98. The number of nitrogens with one attached hydrogen (secondary N) is 2. The SMILES string of the molecule is CCOP(=O)(OCC)C(C#N)=C1NCCN1. The van der Waals surface area contributed by atoms with Crippen molar-refractivity contribution < 1.29 is 13.6 Å². The third-order valence-corrected chi connectivity index (χ3v) is 4.01. The lowest BCUT2D eigenvalue weighted by molar-refractivity contribution is 0.227. The first-order chi connectivity index (χ1) is 7.68. The lowest BCUT2D eigenvalue weighted by Gasteiger charge is -2.17. The Balaban J connectivity index is 3.04. The van der Waals surface area contributed by atoms with Gasteiger partial charge in [-0.25, -0.2) is 0 Å². The quantitative estimate of drug-likeness (QED) is 0.558. The summed E-state index contributed by atoms with van der Waals surface area (Å²) < 4.78 is 22.5. The summed E-state index contributed by atoms with van der Waals surface area (Å²) in [6.07, 6.45) is 0. The van der Waals surface area contributed by atoms with E-state index in [0.29, 0.717) is 18.9 Å². The van der Waals surface area contributed by atoms with Crippen LogP contribution < -0.4 is 10.6 Å². The van der Waals surface area contributed by atoms with Gasteiger partial charge >= 0.3 is 7.60 Å². The van der Waals surface area contributed by atoms with Crippen LogP contribution in [0.5, 0.6) is 0 Å². The predicted octanol–water partition coefficient (Wildman–Crippen LogP) is 1.14. The molecule has 90 valence electrons. The zero-order chi connectivity index (χ0) is 12.0. The van der Waals surface area contributed by atoms with E-state index in [1.807, 2.05) is 6.07 Å². The van der Waals surface area contributed by atoms with E-state index in [1.54, 1.807) is 13.8 Å². The van der Waals surface area contributed by atoms with Crippen molar-refractivity contribution >= 4 is 7.60 Å². The van der Waals surface area contributed by atoms with Gasteiger partial charge in [0.2, 0.25) is 0 Å². The average Bonchev–Trinajstić information content (AvgIpc) is 2.72. The van der Waals surface area contributed by atoms with Gasteiger partial charge in [0, 0.05) is 13.1 Å². The van der Waals surface area contributed by atoms with E-state index in [0.717, 1.165) is 0 Å². The highest BCUT2D eigenvalue weighted by Gasteiger charge is 2.34. The fraction of sp³-hybridized carbons (Fsp3) is 0.667. The van der Waals surface area contributed by atoms with Crippen LogP contribution in [0.2, 0.25) is 0 Å². The summed E-state index contributed by atoms with van der Waals surface area (Å²) in [6, 6.07) is 1.90. The van der Waals surface area contributed by atoms with Crippen LogP contribution in [-0.4, -0.2) is 26.3 Å². The Bertz CT molecular complexity index is 344. The van der Waals surface area contributed by atoms with Gasteiger partial charge in [-0.1, -0.05) is 0 Å². The zero-order valence-electron chi connectivity index (χ0n) is 9.45. The van der Waals surface area contributed by atoms with Crippen LogP contribution in [0.1, 0.15) is 13.8 Å². The molecule has 0 radical (unpaired) electrons. The molecule has 1 heterocycles. The normalized spacial score (nSPS) is 15.2. The Labute approximate surface area is 95.1 Å². The molecule has 16 heavy (non-hydrogen) atoms. The average molecular weight is 245 g/mol. The molecule has 7 heteroatoms. The van der Waals surface area contributed by atoms with E-state index in [2.05, 4.69) is 10.6 Å². The molecule has 0 amide bonds. The number of rotatable bonds is 5. The zero-order valence-corrected chi connectivity index (χ0v) is 10.3. The highest BCUT2D eigenvalue weighted by Crippen LogP contribution is 2.56. The van der Waals surface area contributed by atoms with E-state index >= 15 is 0 Å². The van der Waals surface area contributed by atoms with E-state index in [9.17, 15) is 4.57 Å². The first-order valence-corrected chi connectivity index (χ1v) is 6.74. The molecule has 1 fully saturated rings. The van der Waals surface area contributed by atoms with Crippen molar-refractivity contribution in [3.63, 3.8) is 0 Å². The van der Waals surface area contributed by atoms with Crippen LogP contribution in [0, 0.1) is 11.3 Å². The van der Waals surface area contributed by atoms with Crippen molar-refractivity contribution in [1.82, 2.24) is 10.6 Å². The largest absolute Gasteiger partial charge is 0.375 e. The molecule has 6 nitrogen and oxygen atoms in total. The maximum Gasteiger partial charge on any atom is 0.375 e. The number of hydrogen-bond acceptors (Lipinski definition) is 6. The van der Waals surface area contributed by atoms with Gasteiger partial charge in [0.05, 0.1) is 13.2 Å². The van der Waals surface area contributed by atoms with Crippen LogP contribution in [0.15, 0.2) is 11.1 Å². The summed E-state index contributed by atoms with van der Waals surface area (Å²) in [5.74, 6) is 0.452. The topological polar surface area (TPSA) is 83.4 Å². The molecule has 0 saturated carbocycles. The molecule has 1 saturated heterocycles. The van der Waals surface area contributed by atoms with E-state index in [4.69, 9.17) is 14.3 Å². The Morgan fingerprint density at radius 2 is 1.88 bits per heavy atom. The highest BCUT2D eigenvalue weighted by molar-refractivity contribution is 7.58. The Kier molecular flexibility index (Phi) is 4.81. The van der Waals surface area contributed by atoms with Gasteiger partial charge in [0.15, 0.2) is 5.31 Å². The fourth-order valence-electron chi connectivity index (χ4n) is 1.37. The van der Waals surface area contributed by atoms with Crippen LogP contribution in [-0.2, 0) is 13.6 Å².